The molecular formula is C16H22ClNO2. The van der Waals surface area contributed by atoms with Gasteiger partial charge in [-0.05, 0) is 49.3 Å². The van der Waals surface area contributed by atoms with E-state index in [4.69, 9.17) is 11.6 Å². The average Bonchev–Trinajstić information content (AvgIpc) is 2.41. The normalized spacial score (nSPS) is 26.2. The fourth-order valence-electron chi connectivity index (χ4n) is 2.80. The highest BCUT2D eigenvalue weighted by Crippen LogP contribution is 2.32. The molecule has 3 nitrogen and oxygen atoms in total. The summed E-state index contributed by atoms with van der Waals surface area (Å²) in [5, 5.41) is 12.5. The number of phenolic OH excluding ortho intramolecular Hbond substituents is 1. The lowest BCUT2D eigenvalue weighted by Crippen LogP contribution is -2.52. The average molecular weight is 296 g/mol. The number of alkyl halides is 1. The summed E-state index contributed by atoms with van der Waals surface area (Å²) in [6, 6.07) is 6.81. The van der Waals surface area contributed by atoms with Crippen molar-refractivity contribution in [3.05, 3.63) is 29.8 Å². The zero-order valence-corrected chi connectivity index (χ0v) is 12.6. The first-order chi connectivity index (χ1) is 9.53. The van der Waals surface area contributed by atoms with Crippen LogP contribution in [0.3, 0.4) is 0 Å². The molecule has 1 aliphatic rings. The molecule has 4 heteroatoms. The van der Waals surface area contributed by atoms with E-state index in [9.17, 15) is 9.90 Å². The maximum Gasteiger partial charge on any atom is 0.224 e. The summed E-state index contributed by atoms with van der Waals surface area (Å²) in [6.45, 7) is 2.24. The van der Waals surface area contributed by atoms with Crippen molar-refractivity contribution in [1.29, 1.82) is 0 Å². The minimum atomic E-state index is -0.248. The van der Waals surface area contributed by atoms with Crippen LogP contribution in [0.25, 0.3) is 0 Å². The van der Waals surface area contributed by atoms with Gasteiger partial charge in [0.25, 0.3) is 0 Å². The van der Waals surface area contributed by atoms with Gasteiger partial charge >= 0.3 is 0 Å². The first kappa shape index (κ1) is 15.2. The second kappa shape index (κ2) is 6.49. The van der Waals surface area contributed by atoms with Crippen molar-refractivity contribution in [2.75, 3.05) is 5.88 Å². The van der Waals surface area contributed by atoms with Crippen LogP contribution < -0.4 is 5.32 Å². The Balaban J connectivity index is 1.96. The SMILES string of the molecule is CC1CCC(CCl)(NC(=O)Cc2cccc(O)c2)CC1. The van der Waals surface area contributed by atoms with Crippen molar-refractivity contribution in [2.24, 2.45) is 5.92 Å². The van der Waals surface area contributed by atoms with Gasteiger partial charge < -0.3 is 10.4 Å². The van der Waals surface area contributed by atoms with Crippen molar-refractivity contribution >= 4 is 17.5 Å². The van der Waals surface area contributed by atoms with E-state index in [1.165, 1.54) is 0 Å². The summed E-state index contributed by atoms with van der Waals surface area (Å²) < 4.78 is 0. The van der Waals surface area contributed by atoms with Crippen LogP contribution in [-0.2, 0) is 11.2 Å². The summed E-state index contributed by atoms with van der Waals surface area (Å²) in [5.41, 5.74) is 0.568. The molecular weight excluding hydrogens is 274 g/mol. The zero-order valence-electron chi connectivity index (χ0n) is 11.9. The molecule has 0 saturated heterocycles. The van der Waals surface area contributed by atoms with Crippen LogP contribution in [0, 0.1) is 5.92 Å². The molecule has 0 atom stereocenters. The number of hydrogen-bond donors (Lipinski definition) is 2. The highest BCUT2D eigenvalue weighted by Gasteiger charge is 2.34. The molecule has 1 amide bonds. The predicted octanol–water partition coefficient (Wildman–Crippen LogP) is 3.24. The Labute approximate surface area is 125 Å². The zero-order chi connectivity index (χ0) is 14.6. The van der Waals surface area contributed by atoms with Crippen molar-refractivity contribution < 1.29 is 9.90 Å². The number of carbonyl (C=O) groups excluding carboxylic acids is 1. The third-order valence-corrected chi connectivity index (χ3v) is 4.68. The van der Waals surface area contributed by atoms with Crippen molar-refractivity contribution in [1.82, 2.24) is 5.32 Å². The number of carbonyl (C=O) groups is 1. The molecule has 0 heterocycles. The van der Waals surface area contributed by atoms with Gasteiger partial charge in [-0.1, -0.05) is 19.1 Å². The van der Waals surface area contributed by atoms with Gasteiger partial charge in [0.05, 0.1) is 12.0 Å². The quantitative estimate of drug-likeness (QED) is 0.838. The lowest BCUT2D eigenvalue weighted by molar-refractivity contribution is -0.122. The molecule has 1 saturated carbocycles. The molecule has 1 aromatic rings. The molecule has 110 valence electrons. The third-order valence-electron chi connectivity index (χ3n) is 4.17. The van der Waals surface area contributed by atoms with Gasteiger partial charge in [0.15, 0.2) is 0 Å². The smallest absolute Gasteiger partial charge is 0.224 e. The first-order valence-corrected chi connectivity index (χ1v) is 7.71. The Bertz CT molecular complexity index is 467. The van der Waals surface area contributed by atoms with E-state index >= 15 is 0 Å². The third kappa shape index (κ3) is 3.89. The maximum atomic E-state index is 12.2. The van der Waals surface area contributed by atoms with E-state index in [0.29, 0.717) is 11.8 Å². The number of halogens is 1. The second-order valence-corrected chi connectivity index (χ2v) is 6.26. The van der Waals surface area contributed by atoms with Gasteiger partial charge in [0, 0.05) is 5.88 Å². The lowest BCUT2D eigenvalue weighted by atomic mass is 9.78. The fraction of sp³-hybridized carbons (Fsp3) is 0.562. The fourth-order valence-corrected chi connectivity index (χ4v) is 3.13. The number of phenols is 1. The maximum absolute atomic E-state index is 12.2. The van der Waals surface area contributed by atoms with Crippen LogP contribution >= 0.6 is 11.6 Å². The molecule has 0 bridgehead atoms. The Kier molecular flexibility index (Phi) is 4.92. The molecule has 1 aliphatic carbocycles. The highest BCUT2D eigenvalue weighted by atomic mass is 35.5. The minimum absolute atomic E-state index is 0.0224. The van der Waals surface area contributed by atoms with Gasteiger partial charge in [-0.15, -0.1) is 11.6 Å². The van der Waals surface area contributed by atoms with Crippen LogP contribution in [0.2, 0.25) is 0 Å². The van der Waals surface area contributed by atoms with Crippen molar-refractivity contribution in [3.63, 3.8) is 0 Å². The molecule has 1 aromatic carbocycles. The Hall–Kier alpha value is -1.22. The van der Waals surface area contributed by atoms with Crippen molar-refractivity contribution in [3.8, 4) is 5.75 Å². The summed E-state index contributed by atoms with van der Waals surface area (Å²) >= 11 is 6.10. The van der Waals surface area contributed by atoms with Crippen molar-refractivity contribution in [2.45, 2.75) is 44.6 Å². The van der Waals surface area contributed by atoms with Gasteiger partial charge in [-0.2, -0.15) is 0 Å². The van der Waals surface area contributed by atoms with Crippen LogP contribution in [-0.4, -0.2) is 22.4 Å². The number of hydrogen-bond acceptors (Lipinski definition) is 2. The highest BCUT2D eigenvalue weighted by molar-refractivity contribution is 6.18. The number of amides is 1. The van der Waals surface area contributed by atoms with Gasteiger partial charge in [-0.25, -0.2) is 0 Å². The minimum Gasteiger partial charge on any atom is -0.508 e. The molecule has 0 aromatic heterocycles. The Morgan fingerprint density at radius 2 is 2.15 bits per heavy atom. The molecule has 0 aliphatic heterocycles. The molecule has 2 N–H and O–H groups in total. The van der Waals surface area contributed by atoms with Gasteiger partial charge in [0.1, 0.15) is 5.75 Å². The monoisotopic (exact) mass is 295 g/mol. The summed E-state index contributed by atoms with van der Waals surface area (Å²) in [4.78, 5) is 12.2. The lowest BCUT2D eigenvalue weighted by Gasteiger charge is -2.38. The van der Waals surface area contributed by atoms with E-state index < -0.39 is 0 Å². The molecule has 0 radical (unpaired) electrons. The molecule has 0 unspecified atom stereocenters. The molecule has 0 spiro atoms. The summed E-state index contributed by atoms with van der Waals surface area (Å²) in [5.74, 6) is 1.35. The standard InChI is InChI=1S/C16H22ClNO2/c1-12-5-7-16(11-17,8-6-12)18-15(20)10-13-3-2-4-14(19)9-13/h2-4,9,12,19H,5-8,10-11H2,1H3,(H,18,20). The van der Waals surface area contributed by atoms with Crippen LogP contribution in [0.4, 0.5) is 0 Å². The van der Waals surface area contributed by atoms with Crippen LogP contribution in [0.15, 0.2) is 24.3 Å². The van der Waals surface area contributed by atoms with E-state index in [1.54, 1.807) is 18.2 Å². The second-order valence-electron chi connectivity index (χ2n) is 5.99. The largest absolute Gasteiger partial charge is 0.508 e. The van der Waals surface area contributed by atoms with Crippen LogP contribution in [0.1, 0.15) is 38.2 Å². The Morgan fingerprint density at radius 1 is 1.45 bits per heavy atom. The van der Waals surface area contributed by atoms with Gasteiger partial charge in [0.2, 0.25) is 5.91 Å². The number of nitrogens with one attached hydrogen (secondary N) is 1. The van der Waals surface area contributed by atoms with E-state index in [0.717, 1.165) is 31.2 Å². The molecule has 20 heavy (non-hydrogen) atoms. The summed E-state index contributed by atoms with van der Waals surface area (Å²) in [7, 11) is 0. The number of aromatic hydroxyl groups is 1. The molecule has 1 fully saturated rings. The Morgan fingerprint density at radius 3 is 2.75 bits per heavy atom. The summed E-state index contributed by atoms with van der Waals surface area (Å²) in [6.07, 6.45) is 4.40. The first-order valence-electron chi connectivity index (χ1n) is 7.18. The van der Waals surface area contributed by atoms with Crippen LogP contribution in [0.5, 0.6) is 5.75 Å². The molecule has 2 rings (SSSR count). The van der Waals surface area contributed by atoms with E-state index in [2.05, 4.69) is 12.2 Å². The van der Waals surface area contributed by atoms with E-state index in [1.807, 2.05) is 6.07 Å². The number of rotatable bonds is 4. The number of benzene rings is 1. The predicted molar refractivity (Wildman–Crippen MR) is 81.0 cm³/mol. The van der Waals surface area contributed by atoms with Gasteiger partial charge in [-0.3, -0.25) is 4.79 Å². The van der Waals surface area contributed by atoms with E-state index in [-0.39, 0.29) is 23.6 Å². The topological polar surface area (TPSA) is 49.3 Å².